The van der Waals surface area contributed by atoms with Crippen LogP contribution in [0.4, 0.5) is 0 Å². The molecule has 0 fully saturated rings. The van der Waals surface area contributed by atoms with Gasteiger partial charge in [0.1, 0.15) is 0 Å². The fourth-order valence-electron chi connectivity index (χ4n) is 2.68. The Kier molecular flexibility index (Phi) is 10.4. The molecule has 0 spiro atoms. The first-order chi connectivity index (χ1) is 12.8. The number of sulfonamides is 1. The van der Waals surface area contributed by atoms with Gasteiger partial charge in [-0.2, -0.15) is 0 Å². The Labute approximate surface area is 164 Å². The summed E-state index contributed by atoms with van der Waals surface area (Å²) < 4.78 is 31.5. The van der Waals surface area contributed by atoms with E-state index in [9.17, 15) is 8.42 Å². The molecule has 154 valence electrons. The summed E-state index contributed by atoms with van der Waals surface area (Å²) in [5.41, 5.74) is 1.75. The molecular formula is C19H34N4O3S. The summed E-state index contributed by atoms with van der Waals surface area (Å²) in [6.45, 7) is 8.38. The Bertz CT molecular complexity index is 690. The second kappa shape index (κ2) is 11.9. The molecule has 0 aliphatic heterocycles. The lowest BCUT2D eigenvalue weighted by atomic mass is 10.0. The number of nitrogens with one attached hydrogen (secondary N) is 3. The van der Waals surface area contributed by atoms with Crippen molar-refractivity contribution < 1.29 is 13.2 Å². The van der Waals surface area contributed by atoms with Crippen LogP contribution in [0.15, 0.2) is 29.3 Å². The van der Waals surface area contributed by atoms with Gasteiger partial charge in [-0.15, -0.1) is 0 Å². The molecule has 0 aliphatic rings. The van der Waals surface area contributed by atoms with Crippen LogP contribution in [0.25, 0.3) is 0 Å². The van der Waals surface area contributed by atoms with E-state index in [1.165, 1.54) is 7.05 Å². The van der Waals surface area contributed by atoms with Crippen LogP contribution in [0.2, 0.25) is 0 Å². The molecule has 27 heavy (non-hydrogen) atoms. The fraction of sp³-hybridized carbons (Fsp3) is 0.632. The smallest absolute Gasteiger partial charge is 0.215 e. The zero-order valence-electron chi connectivity index (χ0n) is 17.1. The molecule has 3 N–H and O–H groups in total. The lowest BCUT2D eigenvalue weighted by Crippen LogP contribution is -2.39. The number of hydrogen-bond acceptors (Lipinski definition) is 4. The second-order valence-electron chi connectivity index (χ2n) is 6.66. The molecule has 0 amide bonds. The molecule has 1 atom stereocenters. The second-order valence-corrected chi connectivity index (χ2v) is 8.59. The maximum atomic E-state index is 11.7. The van der Waals surface area contributed by atoms with Gasteiger partial charge >= 0.3 is 0 Å². The molecule has 0 radical (unpaired) electrons. The van der Waals surface area contributed by atoms with Crippen LogP contribution in [0, 0.1) is 5.92 Å². The van der Waals surface area contributed by atoms with E-state index in [0.29, 0.717) is 18.4 Å². The molecule has 8 heteroatoms. The number of guanidine groups is 1. The minimum Gasteiger partial charge on any atom is -0.378 e. The van der Waals surface area contributed by atoms with Crippen LogP contribution in [0.5, 0.6) is 0 Å². The van der Waals surface area contributed by atoms with E-state index in [1.807, 2.05) is 31.2 Å². The highest BCUT2D eigenvalue weighted by atomic mass is 32.2. The van der Waals surface area contributed by atoms with Gasteiger partial charge in [0.05, 0.1) is 11.9 Å². The van der Waals surface area contributed by atoms with Crippen LogP contribution in [-0.2, 0) is 27.1 Å². The van der Waals surface area contributed by atoms with Gasteiger partial charge in [-0.25, -0.2) is 13.1 Å². The molecule has 1 aromatic rings. The largest absolute Gasteiger partial charge is 0.378 e. The van der Waals surface area contributed by atoms with Crippen LogP contribution >= 0.6 is 0 Å². The lowest BCUT2D eigenvalue weighted by molar-refractivity contribution is 0.0258. The van der Waals surface area contributed by atoms with Crippen LogP contribution < -0.4 is 15.4 Å². The van der Waals surface area contributed by atoms with Crippen molar-refractivity contribution in [3.63, 3.8) is 0 Å². The van der Waals surface area contributed by atoms with Gasteiger partial charge in [0.15, 0.2) is 5.96 Å². The van der Waals surface area contributed by atoms with Crippen LogP contribution in [0.1, 0.15) is 38.3 Å². The van der Waals surface area contributed by atoms with Crippen LogP contribution in [-0.4, -0.2) is 47.7 Å². The average Bonchev–Trinajstić information content (AvgIpc) is 2.63. The first-order valence-corrected chi connectivity index (χ1v) is 11.0. The third-order valence-electron chi connectivity index (χ3n) is 4.19. The Balaban J connectivity index is 2.53. The molecule has 0 aromatic heterocycles. The summed E-state index contributed by atoms with van der Waals surface area (Å²) in [7, 11) is -0.123. The van der Waals surface area contributed by atoms with Gasteiger partial charge in [-0.05, 0) is 37.4 Å². The SMILES string of the molecule is CCOC(CCNC(=NC)NCc1cccc(CS(=O)(=O)NC)c1)C(C)C. The Hall–Kier alpha value is -1.64. The molecule has 7 nitrogen and oxygen atoms in total. The third kappa shape index (κ3) is 9.21. The fourth-order valence-corrected chi connectivity index (χ4v) is 3.45. The molecule has 0 saturated carbocycles. The summed E-state index contributed by atoms with van der Waals surface area (Å²) in [6, 6.07) is 7.52. The number of nitrogens with zero attached hydrogens (tertiary/aromatic N) is 1. The Morgan fingerprint density at radius 2 is 1.93 bits per heavy atom. The normalized spacial score (nSPS) is 13.6. The summed E-state index contributed by atoms with van der Waals surface area (Å²) in [5.74, 6) is 1.15. The van der Waals surface area contributed by atoms with Gasteiger partial charge in [-0.3, -0.25) is 4.99 Å². The van der Waals surface area contributed by atoms with Gasteiger partial charge in [0.2, 0.25) is 10.0 Å². The summed E-state index contributed by atoms with van der Waals surface area (Å²) in [4.78, 5) is 4.23. The number of benzene rings is 1. The minimum atomic E-state index is -3.28. The predicted molar refractivity (Wildman–Crippen MR) is 111 cm³/mol. The minimum absolute atomic E-state index is 0.0294. The predicted octanol–water partition coefficient (Wildman–Crippen LogP) is 1.85. The highest BCUT2D eigenvalue weighted by Crippen LogP contribution is 2.10. The molecule has 1 rings (SSSR count). The van der Waals surface area contributed by atoms with E-state index >= 15 is 0 Å². The highest BCUT2D eigenvalue weighted by Gasteiger charge is 2.13. The quantitative estimate of drug-likeness (QED) is 0.391. The number of aliphatic imine (C=N–C) groups is 1. The van der Waals surface area contributed by atoms with E-state index in [1.54, 1.807) is 7.05 Å². The molecule has 1 aromatic carbocycles. The van der Waals surface area contributed by atoms with Gasteiger partial charge in [-0.1, -0.05) is 38.1 Å². The zero-order valence-corrected chi connectivity index (χ0v) is 17.9. The van der Waals surface area contributed by atoms with Gasteiger partial charge in [0, 0.05) is 26.7 Å². The number of rotatable bonds is 11. The van der Waals surface area contributed by atoms with Crippen molar-refractivity contribution in [2.45, 2.75) is 45.6 Å². The monoisotopic (exact) mass is 398 g/mol. The maximum Gasteiger partial charge on any atom is 0.215 e. The van der Waals surface area contributed by atoms with E-state index in [-0.39, 0.29) is 11.9 Å². The van der Waals surface area contributed by atoms with Crippen molar-refractivity contribution in [2.75, 3.05) is 27.2 Å². The van der Waals surface area contributed by atoms with E-state index in [2.05, 4.69) is 34.2 Å². The Morgan fingerprint density at radius 3 is 2.52 bits per heavy atom. The molecule has 0 saturated heterocycles. The van der Waals surface area contributed by atoms with Crippen molar-refractivity contribution in [2.24, 2.45) is 10.9 Å². The van der Waals surface area contributed by atoms with E-state index in [4.69, 9.17) is 4.74 Å². The average molecular weight is 399 g/mol. The first-order valence-electron chi connectivity index (χ1n) is 9.36. The van der Waals surface area contributed by atoms with E-state index < -0.39 is 10.0 Å². The van der Waals surface area contributed by atoms with Crippen LogP contribution in [0.3, 0.4) is 0 Å². The maximum absolute atomic E-state index is 11.7. The van der Waals surface area contributed by atoms with Crippen molar-refractivity contribution in [1.29, 1.82) is 0 Å². The summed E-state index contributed by atoms with van der Waals surface area (Å²) in [6.07, 6.45) is 1.13. The topological polar surface area (TPSA) is 91.8 Å². The lowest BCUT2D eigenvalue weighted by Gasteiger charge is -2.21. The van der Waals surface area contributed by atoms with Gasteiger partial charge in [0.25, 0.3) is 0 Å². The van der Waals surface area contributed by atoms with E-state index in [0.717, 1.165) is 30.7 Å². The van der Waals surface area contributed by atoms with Crippen molar-refractivity contribution >= 4 is 16.0 Å². The third-order valence-corrected chi connectivity index (χ3v) is 5.52. The van der Waals surface area contributed by atoms with Crippen molar-refractivity contribution in [1.82, 2.24) is 15.4 Å². The summed E-state index contributed by atoms with van der Waals surface area (Å²) >= 11 is 0. The molecule has 0 heterocycles. The molecule has 0 aliphatic carbocycles. The molecule has 0 bridgehead atoms. The van der Waals surface area contributed by atoms with Crippen molar-refractivity contribution in [3.05, 3.63) is 35.4 Å². The molecular weight excluding hydrogens is 364 g/mol. The Morgan fingerprint density at radius 1 is 1.22 bits per heavy atom. The van der Waals surface area contributed by atoms with Crippen molar-refractivity contribution in [3.8, 4) is 0 Å². The zero-order chi connectivity index (χ0) is 20.3. The molecule has 1 unspecified atom stereocenters. The number of hydrogen-bond donors (Lipinski definition) is 3. The standard InChI is InChI=1S/C19H34N4O3S/c1-6-26-18(15(2)3)10-11-22-19(20-4)23-13-16-8-7-9-17(12-16)14-27(24,25)21-5/h7-9,12,15,18,21H,6,10-11,13-14H2,1-5H3,(H2,20,22,23). The number of ether oxygens (including phenoxy) is 1. The first kappa shape index (κ1) is 23.4. The summed E-state index contributed by atoms with van der Waals surface area (Å²) in [5, 5.41) is 6.56. The van der Waals surface area contributed by atoms with Gasteiger partial charge < -0.3 is 15.4 Å². The highest BCUT2D eigenvalue weighted by molar-refractivity contribution is 7.88.